The minimum atomic E-state index is -0.0473. The van der Waals surface area contributed by atoms with Crippen molar-refractivity contribution in [1.82, 2.24) is 20.1 Å². The third-order valence-corrected chi connectivity index (χ3v) is 4.84. The van der Waals surface area contributed by atoms with Crippen molar-refractivity contribution in [3.63, 3.8) is 0 Å². The fourth-order valence-electron chi connectivity index (χ4n) is 3.53. The predicted octanol–water partition coefficient (Wildman–Crippen LogP) is 3.65. The van der Waals surface area contributed by atoms with Gasteiger partial charge in [-0.2, -0.15) is 5.10 Å². The van der Waals surface area contributed by atoms with E-state index in [1.165, 1.54) is 5.56 Å². The number of aryl methyl sites for hydroxylation is 3. The molecule has 0 unspecified atom stereocenters. The molecule has 6 nitrogen and oxygen atoms in total. The van der Waals surface area contributed by atoms with Crippen LogP contribution >= 0.6 is 0 Å². The van der Waals surface area contributed by atoms with Crippen LogP contribution in [0.4, 0.5) is 10.5 Å². The molecule has 0 spiro atoms. The van der Waals surface area contributed by atoms with E-state index in [0.29, 0.717) is 13.1 Å². The highest BCUT2D eigenvalue weighted by Gasteiger charge is 2.21. The van der Waals surface area contributed by atoms with Crippen molar-refractivity contribution in [2.45, 2.75) is 33.7 Å². The van der Waals surface area contributed by atoms with Crippen LogP contribution in [0.2, 0.25) is 0 Å². The van der Waals surface area contributed by atoms with Gasteiger partial charge in [0.05, 0.1) is 16.9 Å². The molecule has 1 saturated heterocycles. The van der Waals surface area contributed by atoms with Gasteiger partial charge in [0, 0.05) is 42.5 Å². The maximum Gasteiger partial charge on any atom is 0.321 e. The van der Waals surface area contributed by atoms with Gasteiger partial charge in [0.25, 0.3) is 0 Å². The lowest BCUT2D eigenvalue weighted by molar-refractivity contribution is 0.252. The fourth-order valence-corrected chi connectivity index (χ4v) is 3.53. The van der Waals surface area contributed by atoms with Crippen LogP contribution in [0.5, 0.6) is 0 Å². The first-order chi connectivity index (χ1) is 12.6. The van der Waals surface area contributed by atoms with Gasteiger partial charge < -0.3 is 5.32 Å². The number of rotatable bonds is 4. The fraction of sp³-hybridized carbons (Fsp3) is 0.350. The molecule has 0 bridgehead atoms. The van der Waals surface area contributed by atoms with Crippen molar-refractivity contribution in [1.29, 1.82) is 0 Å². The van der Waals surface area contributed by atoms with E-state index in [1.807, 2.05) is 23.7 Å². The minimum absolute atomic E-state index is 0.0473. The lowest BCUT2D eigenvalue weighted by Gasteiger charge is -2.15. The lowest BCUT2D eigenvalue weighted by atomic mass is 10.0. The van der Waals surface area contributed by atoms with Gasteiger partial charge in [-0.1, -0.05) is 13.0 Å². The number of benzene rings is 1. The Morgan fingerprint density at radius 1 is 1.23 bits per heavy atom. The molecule has 1 fully saturated rings. The van der Waals surface area contributed by atoms with Gasteiger partial charge in [-0.15, -0.1) is 0 Å². The summed E-state index contributed by atoms with van der Waals surface area (Å²) in [5.74, 6) is 0. The molecule has 1 aliphatic heterocycles. The van der Waals surface area contributed by atoms with Crippen LogP contribution in [0, 0.1) is 13.8 Å². The summed E-state index contributed by atoms with van der Waals surface area (Å²) in [4.78, 5) is 18.6. The Labute approximate surface area is 152 Å². The highest BCUT2D eigenvalue weighted by Crippen LogP contribution is 2.29. The first kappa shape index (κ1) is 16.6. The van der Waals surface area contributed by atoms with Crippen molar-refractivity contribution in [3.05, 3.63) is 41.7 Å². The second kappa shape index (κ2) is 6.44. The third kappa shape index (κ3) is 2.81. The Kier molecular flexibility index (Phi) is 4.11. The lowest BCUT2D eigenvalue weighted by Crippen LogP contribution is -2.27. The molecule has 1 N–H and O–H groups in total. The van der Waals surface area contributed by atoms with Gasteiger partial charge in [-0.25, -0.2) is 9.78 Å². The van der Waals surface area contributed by atoms with E-state index in [2.05, 4.69) is 42.6 Å². The second-order valence-corrected chi connectivity index (χ2v) is 6.80. The van der Waals surface area contributed by atoms with Gasteiger partial charge in [0.15, 0.2) is 0 Å². The molecule has 1 aromatic carbocycles. The second-order valence-electron chi connectivity index (χ2n) is 6.80. The molecule has 1 aliphatic rings. The number of hydrogen-bond acceptors (Lipinski definition) is 3. The van der Waals surface area contributed by atoms with E-state index in [-0.39, 0.29) is 6.03 Å². The van der Waals surface area contributed by atoms with Crippen LogP contribution in [-0.4, -0.2) is 33.9 Å². The number of nitrogens with zero attached hydrogens (tertiary/aromatic N) is 4. The van der Waals surface area contributed by atoms with Crippen LogP contribution in [-0.2, 0) is 6.54 Å². The molecule has 0 atom stereocenters. The first-order valence-electron chi connectivity index (χ1n) is 9.08. The maximum atomic E-state index is 12.0. The van der Waals surface area contributed by atoms with E-state index in [0.717, 1.165) is 46.5 Å². The van der Waals surface area contributed by atoms with Crippen LogP contribution in [0.15, 0.2) is 30.5 Å². The molecule has 134 valence electrons. The molecule has 0 radical (unpaired) electrons. The number of fused-ring (bicyclic) bond motifs is 1. The molecule has 26 heavy (non-hydrogen) atoms. The number of pyridine rings is 1. The van der Waals surface area contributed by atoms with Gasteiger partial charge in [0.2, 0.25) is 0 Å². The zero-order valence-electron chi connectivity index (χ0n) is 15.4. The monoisotopic (exact) mass is 349 g/mol. The number of urea groups is 1. The zero-order valence-corrected chi connectivity index (χ0v) is 15.4. The van der Waals surface area contributed by atoms with Crippen molar-refractivity contribution < 1.29 is 4.79 Å². The summed E-state index contributed by atoms with van der Waals surface area (Å²) in [5.41, 5.74) is 5.94. The molecular formula is C20H23N5O. The Morgan fingerprint density at radius 3 is 2.81 bits per heavy atom. The van der Waals surface area contributed by atoms with Crippen molar-refractivity contribution in [3.8, 4) is 11.3 Å². The standard InChI is InChI=1S/C20H23N5O/c1-4-8-24-12-17(14(3)23-24)18-10-13(2)16-6-5-15(11-19(16)22-18)25-9-7-21-20(25)26/h5-6,10-12H,4,7-9H2,1-3H3,(H,21,26). The van der Waals surface area contributed by atoms with Crippen LogP contribution < -0.4 is 10.2 Å². The first-order valence-corrected chi connectivity index (χ1v) is 9.08. The Bertz CT molecular complexity index is 991. The van der Waals surface area contributed by atoms with Crippen LogP contribution in [0.25, 0.3) is 22.2 Å². The van der Waals surface area contributed by atoms with Gasteiger partial charge >= 0.3 is 6.03 Å². The van der Waals surface area contributed by atoms with E-state index in [4.69, 9.17) is 4.98 Å². The Balaban J connectivity index is 1.80. The molecule has 4 rings (SSSR count). The maximum absolute atomic E-state index is 12.0. The van der Waals surface area contributed by atoms with Gasteiger partial charge in [0.1, 0.15) is 0 Å². The highest BCUT2D eigenvalue weighted by atomic mass is 16.2. The number of carbonyl (C=O) groups is 1. The number of amides is 2. The van der Waals surface area contributed by atoms with E-state index in [9.17, 15) is 4.79 Å². The van der Waals surface area contributed by atoms with Gasteiger partial charge in [-0.05, 0) is 44.0 Å². The molecule has 6 heteroatoms. The molecule has 2 amide bonds. The molecule has 0 aliphatic carbocycles. The van der Waals surface area contributed by atoms with Gasteiger partial charge in [-0.3, -0.25) is 9.58 Å². The Morgan fingerprint density at radius 2 is 2.08 bits per heavy atom. The summed E-state index contributed by atoms with van der Waals surface area (Å²) in [6, 6.07) is 8.11. The summed E-state index contributed by atoms with van der Waals surface area (Å²) in [5, 5.41) is 8.54. The highest BCUT2D eigenvalue weighted by molar-refractivity contribution is 5.97. The van der Waals surface area contributed by atoms with Crippen molar-refractivity contribution in [2.75, 3.05) is 18.0 Å². The van der Waals surface area contributed by atoms with Crippen molar-refractivity contribution in [2.24, 2.45) is 0 Å². The van der Waals surface area contributed by atoms with Crippen LogP contribution in [0.1, 0.15) is 24.6 Å². The smallest absolute Gasteiger partial charge is 0.321 e. The van der Waals surface area contributed by atoms with Crippen molar-refractivity contribution >= 4 is 22.6 Å². The number of anilines is 1. The number of aromatic nitrogens is 3. The molecular weight excluding hydrogens is 326 g/mol. The Hall–Kier alpha value is -2.89. The molecule has 2 aromatic heterocycles. The van der Waals surface area contributed by atoms with E-state index >= 15 is 0 Å². The quantitative estimate of drug-likeness (QED) is 0.782. The summed E-state index contributed by atoms with van der Waals surface area (Å²) >= 11 is 0. The number of carbonyl (C=O) groups excluding carboxylic acids is 1. The van der Waals surface area contributed by atoms with E-state index < -0.39 is 0 Å². The molecule has 3 heterocycles. The summed E-state index contributed by atoms with van der Waals surface area (Å²) < 4.78 is 1.98. The van der Waals surface area contributed by atoms with Crippen LogP contribution in [0.3, 0.4) is 0 Å². The minimum Gasteiger partial charge on any atom is -0.336 e. The normalized spacial score (nSPS) is 14.3. The third-order valence-electron chi connectivity index (χ3n) is 4.84. The SMILES string of the molecule is CCCn1cc(-c2cc(C)c3ccc(N4CCNC4=O)cc3n2)c(C)n1. The zero-order chi connectivity index (χ0) is 18.3. The number of hydrogen-bond donors (Lipinski definition) is 1. The largest absolute Gasteiger partial charge is 0.336 e. The molecule has 0 saturated carbocycles. The predicted molar refractivity (Wildman–Crippen MR) is 103 cm³/mol. The average Bonchev–Trinajstić information content (AvgIpc) is 3.20. The number of nitrogens with one attached hydrogen (secondary N) is 1. The summed E-state index contributed by atoms with van der Waals surface area (Å²) in [6.45, 7) is 8.53. The van der Waals surface area contributed by atoms with E-state index in [1.54, 1.807) is 4.90 Å². The summed E-state index contributed by atoms with van der Waals surface area (Å²) in [7, 11) is 0. The average molecular weight is 349 g/mol. The summed E-state index contributed by atoms with van der Waals surface area (Å²) in [6.07, 6.45) is 3.12. The molecule has 3 aromatic rings. The topological polar surface area (TPSA) is 63.0 Å².